The van der Waals surface area contributed by atoms with Crippen molar-refractivity contribution < 1.29 is 97.2 Å². The molecule has 6 aliphatic carbocycles. The molecular formula is C91H142Fe3N12O9. The van der Waals surface area contributed by atoms with Crippen LogP contribution in [0.2, 0.25) is 0 Å². The van der Waals surface area contributed by atoms with Crippen LogP contribution in [0, 0.1) is 47.5 Å². The van der Waals surface area contributed by atoms with Gasteiger partial charge in [-0.25, -0.2) is 0 Å². The van der Waals surface area contributed by atoms with E-state index in [-0.39, 0.29) is 144 Å². The topological polar surface area (TPSA) is 219 Å². The smallest absolute Gasteiger partial charge is 0.358 e. The molecule has 0 spiro atoms. The van der Waals surface area contributed by atoms with Crippen molar-refractivity contribution in [3.63, 3.8) is 0 Å². The number of amides is 9. The van der Waals surface area contributed by atoms with E-state index < -0.39 is 23.6 Å². The van der Waals surface area contributed by atoms with E-state index in [0.717, 1.165) is 212 Å². The molecule has 3 saturated heterocycles. The van der Waals surface area contributed by atoms with Crippen LogP contribution in [0.3, 0.4) is 0 Å². The van der Waals surface area contributed by atoms with Crippen LogP contribution >= 0.6 is 0 Å². The number of imide groups is 3. The third kappa shape index (κ3) is 27.5. The van der Waals surface area contributed by atoms with Crippen LogP contribution in [0.15, 0.2) is 60.7 Å². The number of piperazine rings is 3. The fourth-order valence-corrected chi connectivity index (χ4v) is 18.5. The summed E-state index contributed by atoms with van der Waals surface area (Å²) in [7, 11) is 0. The molecule has 6 aliphatic heterocycles. The van der Waals surface area contributed by atoms with Gasteiger partial charge in [0.15, 0.2) is 0 Å². The molecular weight excluding hydrogens is 1570 g/mol. The fraction of sp³-hybridized carbons (Fsp3) is 0.637. The number of hydrogen-bond donors (Lipinski definition) is 3. The van der Waals surface area contributed by atoms with Crippen LogP contribution in [0.1, 0.15) is 264 Å². The van der Waals surface area contributed by atoms with Crippen molar-refractivity contribution in [2.24, 2.45) is 17.8 Å². The molecule has 6 heterocycles. The van der Waals surface area contributed by atoms with E-state index >= 15 is 0 Å². The zero-order valence-corrected chi connectivity index (χ0v) is 73.5. The van der Waals surface area contributed by atoms with Crippen LogP contribution in [-0.2, 0) is 65.6 Å². The quantitative estimate of drug-likeness (QED) is 0.0243. The molecule has 12 aliphatic rings. The first-order valence-electron chi connectivity index (χ1n) is 42.8. The maximum absolute atomic E-state index is 13.9. The fourth-order valence-electron chi connectivity index (χ4n) is 18.5. The van der Waals surface area contributed by atoms with Gasteiger partial charge in [0.2, 0.25) is 17.7 Å². The van der Waals surface area contributed by atoms with Gasteiger partial charge < -0.3 is 65.3 Å². The van der Waals surface area contributed by atoms with E-state index in [1.54, 1.807) is 24.3 Å². The summed E-state index contributed by atoms with van der Waals surface area (Å²) in [6.07, 6.45) is 39.3. The second-order valence-electron chi connectivity index (χ2n) is 32.7. The monoisotopic (exact) mass is 1710 g/mol. The van der Waals surface area contributed by atoms with Gasteiger partial charge in [0.25, 0.3) is 35.4 Å². The van der Waals surface area contributed by atoms with E-state index in [1.807, 2.05) is 36.4 Å². The third-order valence-corrected chi connectivity index (χ3v) is 25.2. The summed E-state index contributed by atoms with van der Waals surface area (Å²) in [6, 6.07) is 17.9. The Labute approximate surface area is 724 Å². The molecule has 0 aromatic heterocycles. The molecule has 4 aromatic rings. The average Bonchev–Trinajstić information content (AvgIpc) is 1.44. The zero-order valence-electron chi connectivity index (χ0n) is 70.2. The average molecular weight is 1720 g/mol. The second kappa shape index (κ2) is 51.9. The van der Waals surface area contributed by atoms with E-state index in [9.17, 15) is 43.2 Å². The molecule has 16 rings (SSSR count). The van der Waals surface area contributed by atoms with Gasteiger partial charge in [-0.3, -0.25) is 67.7 Å². The van der Waals surface area contributed by atoms with Crippen molar-refractivity contribution in [2.45, 2.75) is 199 Å². The van der Waals surface area contributed by atoms with Crippen LogP contribution in [0.4, 0.5) is 0 Å². The molecule has 644 valence electrons. The van der Waals surface area contributed by atoms with Crippen molar-refractivity contribution in [1.82, 2.24) is 60.0 Å². The molecule has 24 heteroatoms. The largest absolute Gasteiger partial charge is 2.00 e. The zero-order chi connectivity index (χ0) is 75.0. The summed E-state index contributed by atoms with van der Waals surface area (Å²) in [4.78, 5) is 137. The first-order chi connectivity index (χ1) is 52.9. The standard InChI is InChI=1S/C44H60N8O6.C28H36N4O3.3C5H10.4CH3.3Fe.2H2/c53-39(31-7-1-2-8-31)45-15-5-17-47-19-23-49(24-20-47)27-29-51-41(55)33-11-13-35-38-36(14-12-34(37(33)38)42(51)56)44(58)52(43(35)57)30-28-50-25-21-48(22-26-50)18-6-16-46-40(54)32-9-3-4-10-32;33-26(22-7-1-2-8-22)29-13-5-14-30-17-19-31(20-18-30)15-6-16-32-27(34)23-11-3-9-21-10-4-12-24(25(21)23)28(32)35;3*1-2-4-5-3-1;;;;;;;;;/h11-14,31-32H,1-10,15-30H2,(H,45,53)(H,46,54);3-4,9-12,22H,1-2,5-8,13-20H2,(H,29,33);3*1-5H2;4*1H3;;;;2*1H/q;;;;;4*-1;;2*+2;;. The maximum atomic E-state index is 13.9. The number of hydrogen-bond acceptors (Lipinski definition) is 15. The molecule has 4 aromatic carbocycles. The first-order valence-corrected chi connectivity index (χ1v) is 42.8. The van der Waals surface area contributed by atoms with Gasteiger partial charge in [0.1, 0.15) is 0 Å². The van der Waals surface area contributed by atoms with Gasteiger partial charge in [-0.15, -0.1) is 0 Å². The van der Waals surface area contributed by atoms with Crippen molar-refractivity contribution in [3.05, 3.63) is 124 Å². The predicted octanol–water partition coefficient (Wildman–Crippen LogP) is 13.9. The Kier molecular flexibility index (Phi) is 45.2. The molecule has 0 unspecified atom stereocenters. The van der Waals surface area contributed by atoms with Crippen molar-refractivity contribution in [1.29, 1.82) is 0 Å². The van der Waals surface area contributed by atoms with Crippen LogP contribution < -0.4 is 16.0 Å². The molecule has 3 N–H and O–H groups in total. The Morgan fingerprint density at radius 1 is 0.278 bits per heavy atom. The van der Waals surface area contributed by atoms with Gasteiger partial charge >= 0.3 is 34.1 Å². The SMILES string of the molecule is C1CCCC1.C1CCCC1.C1CCCC1.O=C(NCCCN1CCN(CCCN2C(=O)c3cccc4cccc(c34)C2=O)CC1)C1CCCC1.O=C(NCCCN1CCN(CCN2C(=O)c3ccc4c5c(ccc(c35)C2=O)C(=O)N(CCN2CCN(CCCNC(=O)C3CCCC3)CC2)C4=O)CC1)C1CCCC1.[CH3-].[CH3-].[CH3-].[CH3-].[Fe+2].[Fe+2].[Fe].[HH].[HH]. The Balaban J connectivity index is 0.000000509. The van der Waals surface area contributed by atoms with Crippen molar-refractivity contribution in [3.8, 4) is 0 Å². The normalized spacial score (nSPS) is 19.9. The molecule has 115 heavy (non-hydrogen) atoms. The van der Waals surface area contributed by atoms with Crippen LogP contribution in [0.25, 0.3) is 21.5 Å². The molecule has 9 fully saturated rings. The summed E-state index contributed by atoms with van der Waals surface area (Å²) in [5.74, 6) is -0.625. The third-order valence-electron chi connectivity index (χ3n) is 25.2. The summed E-state index contributed by atoms with van der Waals surface area (Å²) < 4.78 is 0. The number of benzene rings is 4. The Morgan fingerprint density at radius 2 is 0.496 bits per heavy atom. The van der Waals surface area contributed by atoms with Gasteiger partial charge in [-0.2, -0.15) is 0 Å². The minimum atomic E-state index is -0.394. The van der Waals surface area contributed by atoms with E-state index in [1.165, 1.54) is 124 Å². The maximum Gasteiger partial charge on any atom is 2.00 e. The van der Waals surface area contributed by atoms with Crippen molar-refractivity contribution in [2.75, 3.05) is 157 Å². The summed E-state index contributed by atoms with van der Waals surface area (Å²) in [5, 5.41) is 11.9. The number of carbonyl (C=O) groups is 9. The van der Waals surface area contributed by atoms with Crippen LogP contribution in [0.5, 0.6) is 0 Å². The Bertz CT molecular complexity index is 3410. The number of carbonyl (C=O) groups excluding carboxylic acids is 9. The summed E-state index contributed by atoms with van der Waals surface area (Å²) in [6.45, 7) is 19.0. The Morgan fingerprint density at radius 3 is 0.748 bits per heavy atom. The molecule has 21 nitrogen and oxygen atoms in total. The molecule has 0 bridgehead atoms. The van der Waals surface area contributed by atoms with Gasteiger partial charge in [-0.05, 0) is 132 Å². The van der Waals surface area contributed by atoms with Gasteiger partial charge in [0.05, 0.1) is 0 Å². The van der Waals surface area contributed by atoms with Gasteiger partial charge in [0, 0.05) is 218 Å². The first kappa shape index (κ1) is 100. The minimum absolute atomic E-state index is 0. The predicted molar refractivity (Wildman–Crippen MR) is 455 cm³/mol. The number of nitrogens with zero attached hydrogens (tertiary/aromatic N) is 9. The van der Waals surface area contributed by atoms with Crippen LogP contribution in [-0.4, -0.2) is 254 Å². The van der Waals surface area contributed by atoms with Crippen molar-refractivity contribution >= 4 is 74.7 Å². The van der Waals surface area contributed by atoms with E-state index in [2.05, 4.69) is 45.3 Å². The molecule has 6 saturated carbocycles. The summed E-state index contributed by atoms with van der Waals surface area (Å²) in [5.41, 5.74) is 2.66. The molecule has 0 atom stereocenters. The number of nitrogens with one attached hydrogen (secondary N) is 3. The second-order valence-corrected chi connectivity index (χ2v) is 32.7. The summed E-state index contributed by atoms with van der Waals surface area (Å²) >= 11 is 0. The number of rotatable bonds is 25. The van der Waals surface area contributed by atoms with E-state index in [0.29, 0.717) is 76.9 Å². The molecule has 9 amide bonds. The minimum Gasteiger partial charge on any atom is -0.358 e. The van der Waals surface area contributed by atoms with E-state index in [4.69, 9.17) is 0 Å². The molecule has 0 radical (unpaired) electrons. The van der Waals surface area contributed by atoms with Gasteiger partial charge in [-0.1, -0.05) is 159 Å². The Hall–Kier alpha value is -5.45.